The number of rotatable bonds is 5. The van der Waals surface area contributed by atoms with Crippen molar-refractivity contribution in [2.75, 3.05) is 6.61 Å². The molecule has 0 fully saturated rings. The fourth-order valence-electron chi connectivity index (χ4n) is 1.81. The van der Waals surface area contributed by atoms with Crippen molar-refractivity contribution < 1.29 is 4.74 Å². The van der Waals surface area contributed by atoms with Crippen molar-refractivity contribution in [3.63, 3.8) is 0 Å². The lowest BCUT2D eigenvalue weighted by atomic mass is 10.00. The summed E-state index contributed by atoms with van der Waals surface area (Å²) in [6, 6.07) is 7.18. The fraction of sp³-hybridized carbons (Fsp3) is 0.500. The molecule has 1 aromatic carbocycles. The number of halogens is 1. The molecule has 0 aliphatic carbocycles. The first kappa shape index (κ1) is 13.9. The average molecular weight is 252 g/mol. The number of nitriles is 1. The Kier molecular flexibility index (Phi) is 5.31. The molecule has 0 N–H and O–H groups in total. The Balaban J connectivity index is 2.63. The van der Waals surface area contributed by atoms with Gasteiger partial charge in [-0.3, -0.25) is 0 Å². The van der Waals surface area contributed by atoms with Crippen molar-refractivity contribution >= 4 is 11.6 Å². The van der Waals surface area contributed by atoms with Crippen LogP contribution < -0.4 is 4.74 Å². The number of hydrogen-bond acceptors (Lipinski definition) is 2. The first-order chi connectivity index (χ1) is 8.02. The molecule has 0 aromatic heterocycles. The van der Waals surface area contributed by atoms with Gasteiger partial charge in [-0.15, -0.1) is 0 Å². The van der Waals surface area contributed by atoms with E-state index in [0.29, 0.717) is 34.8 Å². The van der Waals surface area contributed by atoms with Gasteiger partial charge in [0.15, 0.2) is 0 Å². The molecule has 0 saturated carbocycles. The number of ether oxygens (including phenoxy) is 1. The molecule has 1 atom stereocenters. The summed E-state index contributed by atoms with van der Waals surface area (Å²) in [5.41, 5.74) is 0.533. The topological polar surface area (TPSA) is 33.0 Å². The van der Waals surface area contributed by atoms with Gasteiger partial charge < -0.3 is 4.74 Å². The summed E-state index contributed by atoms with van der Waals surface area (Å²) >= 11 is 5.88. The van der Waals surface area contributed by atoms with Crippen LogP contribution in [0.15, 0.2) is 18.2 Å². The molecule has 1 rings (SSSR count). The molecule has 17 heavy (non-hydrogen) atoms. The zero-order valence-electron chi connectivity index (χ0n) is 10.5. The molecule has 0 spiro atoms. The van der Waals surface area contributed by atoms with E-state index in [2.05, 4.69) is 26.8 Å². The maximum absolute atomic E-state index is 8.95. The zero-order valence-corrected chi connectivity index (χ0v) is 11.3. The van der Waals surface area contributed by atoms with Crippen LogP contribution in [-0.4, -0.2) is 6.61 Å². The summed E-state index contributed by atoms with van der Waals surface area (Å²) in [7, 11) is 0. The van der Waals surface area contributed by atoms with Crippen molar-refractivity contribution in [3.8, 4) is 11.8 Å². The molecule has 0 bridgehead atoms. The third-order valence-electron chi connectivity index (χ3n) is 2.46. The third-order valence-corrected chi connectivity index (χ3v) is 2.70. The molecule has 2 nitrogen and oxygen atoms in total. The molecule has 92 valence electrons. The quantitative estimate of drug-likeness (QED) is 0.783. The van der Waals surface area contributed by atoms with Gasteiger partial charge in [-0.1, -0.05) is 32.4 Å². The average Bonchev–Trinajstić information content (AvgIpc) is 2.25. The van der Waals surface area contributed by atoms with E-state index in [4.69, 9.17) is 21.6 Å². The largest absolute Gasteiger partial charge is 0.492 e. The number of hydrogen-bond donors (Lipinski definition) is 0. The lowest BCUT2D eigenvalue weighted by molar-refractivity contribution is 0.238. The maximum Gasteiger partial charge on any atom is 0.138 e. The van der Waals surface area contributed by atoms with Gasteiger partial charge in [0, 0.05) is 11.1 Å². The van der Waals surface area contributed by atoms with Crippen molar-refractivity contribution in [1.82, 2.24) is 0 Å². The summed E-state index contributed by atoms with van der Waals surface area (Å²) in [4.78, 5) is 0. The molecular weight excluding hydrogens is 234 g/mol. The Morgan fingerprint density at radius 3 is 2.65 bits per heavy atom. The molecule has 1 aromatic rings. The predicted molar refractivity (Wildman–Crippen MR) is 70.3 cm³/mol. The highest BCUT2D eigenvalue weighted by atomic mass is 35.5. The highest BCUT2D eigenvalue weighted by Crippen LogP contribution is 2.23. The van der Waals surface area contributed by atoms with E-state index in [-0.39, 0.29) is 0 Å². The Labute approximate surface area is 108 Å². The Bertz CT molecular complexity index is 409. The standard InChI is InChI=1S/C14H18ClNO/c1-10(2)6-11(3)9-17-14-7-13(15)5-4-12(14)8-16/h4-5,7,10-11H,6,9H2,1-3H3. The first-order valence-corrected chi connectivity index (χ1v) is 6.23. The van der Waals surface area contributed by atoms with E-state index in [1.807, 2.05) is 0 Å². The molecule has 0 aliphatic heterocycles. The summed E-state index contributed by atoms with van der Waals surface area (Å²) in [6.45, 7) is 7.15. The van der Waals surface area contributed by atoms with Crippen LogP contribution in [0.5, 0.6) is 5.75 Å². The smallest absolute Gasteiger partial charge is 0.138 e. The van der Waals surface area contributed by atoms with Crippen LogP contribution in [0.25, 0.3) is 0 Å². The van der Waals surface area contributed by atoms with Crippen molar-refractivity contribution in [3.05, 3.63) is 28.8 Å². The SMILES string of the molecule is CC(C)CC(C)COc1cc(Cl)ccc1C#N. The maximum atomic E-state index is 8.95. The van der Waals surface area contributed by atoms with Gasteiger partial charge in [-0.05, 0) is 30.4 Å². The minimum absolute atomic E-state index is 0.473. The Morgan fingerprint density at radius 1 is 1.35 bits per heavy atom. The van der Waals surface area contributed by atoms with Crippen LogP contribution >= 0.6 is 11.6 Å². The van der Waals surface area contributed by atoms with E-state index in [0.717, 1.165) is 6.42 Å². The molecule has 1 unspecified atom stereocenters. The van der Waals surface area contributed by atoms with Crippen LogP contribution in [0, 0.1) is 23.2 Å². The lowest BCUT2D eigenvalue weighted by Crippen LogP contribution is -2.11. The molecule has 0 amide bonds. The lowest BCUT2D eigenvalue weighted by Gasteiger charge is -2.15. The second-order valence-corrected chi connectivity index (χ2v) is 5.23. The second-order valence-electron chi connectivity index (χ2n) is 4.80. The van der Waals surface area contributed by atoms with E-state index in [1.54, 1.807) is 18.2 Å². The number of nitrogens with zero attached hydrogens (tertiary/aromatic N) is 1. The van der Waals surface area contributed by atoms with Crippen LogP contribution in [-0.2, 0) is 0 Å². The van der Waals surface area contributed by atoms with Crippen molar-refractivity contribution in [1.29, 1.82) is 5.26 Å². The second kappa shape index (κ2) is 6.51. The monoisotopic (exact) mass is 251 g/mol. The zero-order chi connectivity index (χ0) is 12.8. The van der Waals surface area contributed by atoms with Gasteiger partial charge in [-0.25, -0.2) is 0 Å². The van der Waals surface area contributed by atoms with Crippen LogP contribution in [0.1, 0.15) is 32.8 Å². The van der Waals surface area contributed by atoms with Crippen LogP contribution in [0.4, 0.5) is 0 Å². The van der Waals surface area contributed by atoms with E-state index in [1.165, 1.54) is 0 Å². The highest BCUT2D eigenvalue weighted by molar-refractivity contribution is 6.30. The molecule has 0 saturated heterocycles. The minimum atomic E-state index is 0.473. The molecule has 0 radical (unpaired) electrons. The molecule has 3 heteroatoms. The molecule has 0 aliphatic rings. The van der Waals surface area contributed by atoms with Gasteiger partial charge in [-0.2, -0.15) is 5.26 Å². The van der Waals surface area contributed by atoms with Crippen LogP contribution in [0.3, 0.4) is 0 Å². The van der Waals surface area contributed by atoms with Crippen LogP contribution in [0.2, 0.25) is 5.02 Å². The summed E-state index contributed by atoms with van der Waals surface area (Å²) < 4.78 is 5.66. The van der Waals surface area contributed by atoms with E-state index >= 15 is 0 Å². The first-order valence-electron chi connectivity index (χ1n) is 5.85. The van der Waals surface area contributed by atoms with Gasteiger partial charge in [0.2, 0.25) is 0 Å². The number of benzene rings is 1. The van der Waals surface area contributed by atoms with E-state index < -0.39 is 0 Å². The van der Waals surface area contributed by atoms with Gasteiger partial charge in [0.05, 0.1) is 12.2 Å². The summed E-state index contributed by atoms with van der Waals surface area (Å²) in [5, 5.41) is 9.54. The fourth-order valence-corrected chi connectivity index (χ4v) is 1.97. The Morgan fingerprint density at radius 2 is 2.06 bits per heavy atom. The van der Waals surface area contributed by atoms with Crippen molar-refractivity contribution in [2.24, 2.45) is 11.8 Å². The molecule has 0 heterocycles. The van der Waals surface area contributed by atoms with E-state index in [9.17, 15) is 0 Å². The minimum Gasteiger partial charge on any atom is -0.492 e. The summed E-state index contributed by atoms with van der Waals surface area (Å²) in [6.07, 6.45) is 1.11. The molecular formula is C14H18ClNO. The highest BCUT2D eigenvalue weighted by Gasteiger charge is 2.09. The van der Waals surface area contributed by atoms with Crippen molar-refractivity contribution in [2.45, 2.75) is 27.2 Å². The summed E-state index contributed by atoms with van der Waals surface area (Å²) in [5.74, 6) is 1.71. The normalized spacial score (nSPS) is 12.2. The Hall–Kier alpha value is -1.20. The third kappa shape index (κ3) is 4.66. The van der Waals surface area contributed by atoms with Gasteiger partial charge in [0.1, 0.15) is 11.8 Å². The van der Waals surface area contributed by atoms with Gasteiger partial charge in [0.25, 0.3) is 0 Å². The predicted octanol–water partition coefficient (Wildman–Crippen LogP) is 4.27. The van der Waals surface area contributed by atoms with Gasteiger partial charge >= 0.3 is 0 Å².